The molecular weight excluding hydrogens is 356 g/mol. The molecule has 8 heteroatoms. The van der Waals surface area contributed by atoms with Crippen LogP contribution in [-0.2, 0) is 24.3 Å². The highest BCUT2D eigenvalue weighted by molar-refractivity contribution is 7.92. The molecule has 0 aliphatic carbocycles. The number of carbonyl (C=O) groups excluding carboxylic acids is 1. The van der Waals surface area contributed by atoms with Crippen molar-refractivity contribution < 1.29 is 22.7 Å². The number of rotatable bonds is 4. The molecular formula is C18H26N2O5S. The van der Waals surface area contributed by atoms with E-state index in [1.54, 1.807) is 11.0 Å². The molecule has 2 aliphatic heterocycles. The Morgan fingerprint density at radius 1 is 1.19 bits per heavy atom. The minimum Gasteiger partial charge on any atom is -0.347 e. The van der Waals surface area contributed by atoms with Crippen molar-refractivity contribution in [1.29, 1.82) is 0 Å². The molecule has 0 unspecified atom stereocenters. The van der Waals surface area contributed by atoms with Crippen molar-refractivity contribution in [3.63, 3.8) is 0 Å². The van der Waals surface area contributed by atoms with Crippen molar-refractivity contribution in [3.05, 3.63) is 29.3 Å². The monoisotopic (exact) mass is 382 g/mol. The van der Waals surface area contributed by atoms with Gasteiger partial charge in [0.25, 0.3) is 0 Å². The van der Waals surface area contributed by atoms with Gasteiger partial charge < -0.3 is 14.4 Å². The molecule has 3 rings (SSSR count). The molecule has 7 nitrogen and oxygen atoms in total. The minimum atomic E-state index is -3.57. The predicted octanol–water partition coefficient (Wildman–Crippen LogP) is 1.43. The van der Waals surface area contributed by atoms with E-state index in [1.165, 1.54) is 4.31 Å². The molecule has 1 aromatic carbocycles. The number of benzene rings is 1. The van der Waals surface area contributed by atoms with Crippen molar-refractivity contribution in [2.45, 2.75) is 32.5 Å². The van der Waals surface area contributed by atoms with Crippen molar-refractivity contribution in [2.24, 2.45) is 0 Å². The summed E-state index contributed by atoms with van der Waals surface area (Å²) in [4.78, 5) is 14.4. The summed E-state index contributed by atoms with van der Waals surface area (Å²) in [6.07, 6.45) is 2.35. The number of amides is 1. The average Bonchev–Trinajstić information content (AvgIpc) is 3.01. The molecule has 2 fully saturated rings. The number of anilines is 1. The SMILES string of the molecule is Cc1ccc(N(CC(=O)N2CCC3(CC2)OCCO3)S(C)(=O)=O)c(C)c1. The number of piperidine rings is 1. The van der Waals surface area contributed by atoms with Crippen molar-refractivity contribution in [3.8, 4) is 0 Å². The Morgan fingerprint density at radius 3 is 2.35 bits per heavy atom. The third kappa shape index (κ3) is 4.02. The van der Waals surface area contributed by atoms with Gasteiger partial charge in [-0.1, -0.05) is 17.7 Å². The fraction of sp³-hybridized carbons (Fsp3) is 0.611. The largest absolute Gasteiger partial charge is 0.347 e. The van der Waals surface area contributed by atoms with Crippen LogP contribution in [0.5, 0.6) is 0 Å². The maximum absolute atomic E-state index is 12.7. The van der Waals surface area contributed by atoms with Crippen LogP contribution >= 0.6 is 0 Å². The summed E-state index contributed by atoms with van der Waals surface area (Å²) in [5.41, 5.74) is 2.42. The zero-order valence-corrected chi connectivity index (χ0v) is 16.3. The van der Waals surface area contributed by atoms with Gasteiger partial charge in [-0.2, -0.15) is 0 Å². The third-order valence-corrected chi connectivity index (χ3v) is 6.12. The molecule has 0 N–H and O–H groups in total. The fourth-order valence-corrected chi connectivity index (χ4v) is 4.48. The molecule has 0 atom stereocenters. The van der Waals surface area contributed by atoms with Gasteiger partial charge in [0.2, 0.25) is 15.9 Å². The summed E-state index contributed by atoms with van der Waals surface area (Å²) < 4.78 is 37.2. The average molecular weight is 382 g/mol. The first-order valence-electron chi connectivity index (χ1n) is 8.81. The molecule has 0 bridgehead atoms. The normalized spacial score (nSPS) is 19.7. The van der Waals surface area contributed by atoms with Crippen LogP contribution in [0, 0.1) is 13.8 Å². The number of sulfonamides is 1. The van der Waals surface area contributed by atoms with Crippen molar-refractivity contribution in [1.82, 2.24) is 4.90 Å². The van der Waals surface area contributed by atoms with Crippen LogP contribution in [0.2, 0.25) is 0 Å². The summed E-state index contributed by atoms with van der Waals surface area (Å²) >= 11 is 0. The summed E-state index contributed by atoms with van der Waals surface area (Å²) in [7, 11) is -3.57. The maximum atomic E-state index is 12.7. The van der Waals surface area contributed by atoms with Gasteiger partial charge in [-0.15, -0.1) is 0 Å². The first-order chi connectivity index (χ1) is 12.2. The summed E-state index contributed by atoms with van der Waals surface area (Å²) in [5.74, 6) is -0.760. The van der Waals surface area contributed by atoms with Crippen LogP contribution in [0.4, 0.5) is 5.69 Å². The highest BCUT2D eigenvalue weighted by Crippen LogP contribution is 2.31. The number of likely N-dealkylation sites (tertiary alicyclic amines) is 1. The fourth-order valence-electron chi connectivity index (χ4n) is 3.57. The van der Waals surface area contributed by atoms with E-state index >= 15 is 0 Å². The zero-order chi connectivity index (χ0) is 18.9. The molecule has 1 spiro atoms. The number of carbonyl (C=O) groups is 1. The molecule has 26 heavy (non-hydrogen) atoms. The second kappa shape index (κ2) is 7.17. The van der Waals surface area contributed by atoms with Crippen LogP contribution < -0.4 is 4.31 Å². The highest BCUT2D eigenvalue weighted by Gasteiger charge is 2.41. The van der Waals surface area contributed by atoms with Crippen LogP contribution in [0.25, 0.3) is 0 Å². The molecule has 2 aliphatic rings. The molecule has 0 aromatic heterocycles. The summed E-state index contributed by atoms with van der Waals surface area (Å²) in [6, 6.07) is 5.52. The molecule has 2 heterocycles. The molecule has 1 aromatic rings. The van der Waals surface area contributed by atoms with Gasteiger partial charge in [0.15, 0.2) is 5.79 Å². The molecule has 0 saturated carbocycles. The number of ether oxygens (including phenoxy) is 2. The van der Waals surface area contributed by atoms with Gasteiger partial charge in [-0.05, 0) is 25.5 Å². The lowest BCUT2D eigenvalue weighted by molar-refractivity contribution is -0.187. The van der Waals surface area contributed by atoms with E-state index in [1.807, 2.05) is 26.0 Å². The van der Waals surface area contributed by atoms with Gasteiger partial charge >= 0.3 is 0 Å². The molecule has 1 amide bonds. The molecule has 0 radical (unpaired) electrons. The van der Waals surface area contributed by atoms with E-state index in [4.69, 9.17) is 9.47 Å². The first kappa shape index (κ1) is 19.1. The van der Waals surface area contributed by atoms with Crippen LogP contribution in [-0.4, -0.2) is 64.1 Å². The van der Waals surface area contributed by atoms with E-state index < -0.39 is 15.8 Å². The third-order valence-electron chi connectivity index (χ3n) is 4.99. The number of aryl methyl sites for hydroxylation is 2. The van der Waals surface area contributed by atoms with Gasteiger partial charge in [0.1, 0.15) is 6.54 Å². The lowest BCUT2D eigenvalue weighted by Crippen LogP contribution is -2.50. The second-order valence-corrected chi connectivity index (χ2v) is 8.95. The minimum absolute atomic E-state index is 0.197. The van der Waals surface area contributed by atoms with E-state index in [-0.39, 0.29) is 12.5 Å². The summed E-state index contributed by atoms with van der Waals surface area (Å²) in [6.45, 7) is 5.78. The smallest absolute Gasteiger partial charge is 0.243 e. The van der Waals surface area contributed by atoms with Crippen LogP contribution in [0.15, 0.2) is 18.2 Å². The molecule has 2 saturated heterocycles. The Labute approximate surface area is 154 Å². The van der Waals surface area contributed by atoms with Gasteiger partial charge in [-0.3, -0.25) is 9.10 Å². The highest BCUT2D eigenvalue weighted by atomic mass is 32.2. The lowest BCUT2D eigenvalue weighted by Gasteiger charge is -2.38. The molecule has 144 valence electrons. The van der Waals surface area contributed by atoms with Gasteiger partial charge in [0.05, 0.1) is 25.2 Å². The predicted molar refractivity (Wildman–Crippen MR) is 98.6 cm³/mol. The maximum Gasteiger partial charge on any atom is 0.243 e. The lowest BCUT2D eigenvalue weighted by atomic mass is 10.0. The Morgan fingerprint density at radius 2 is 1.81 bits per heavy atom. The van der Waals surface area contributed by atoms with Crippen LogP contribution in [0.3, 0.4) is 0 Å². The van der Waals surface area contributed by atoms with E-state index in [2.05, 4.69) is 0 Å². The van der Waals surface area contributed by atoms with E-state index in [0.717, 1.165) is 17.4 Å². The topological polar surface area (TPSA) is 76.2 Å². The van der Waals surface area contributed by atoms with Crippen LogP contribution in [0.1, 0.15) is 24.0 Å². The number of hydrogen-bond donors (Lipinski definition) is 0. The van der Waals surface area contributed by atoms with E-state index in [9.17, 15) is 13.2 Å². The van der Waals surface area contributed by atoms with Crippen molar-refractivity contribution in [2.75, 3.05) is 43.4 Å². The van der Waals surface area contributed by atoms with E-state index in [0.29, 0.717) is 44.8 Å². The second-order valence-electron chi connectivity index (χ2n) is 7.05. The Bertz CT molecular complexity index is 777. The Hall–Kier alpha value is -1.64. The van der Waals surface area contributed by atoms with Crippen molar-refractivity contribution >= 4 is 21.6 Å². The van der Waals surface area contributed by atoms with Gasteiger partial charge in [-0.25, -0.2) is 8.42 Å². The first-order valence-corrected chi connectivity index (χ1v) is 10.7. The zero-order valence-electron chi connectivity index (χ0n) is 15.5. The summed E-state index contributed by atoms with van der Waals surface area (Å²) in [5, 5.41) is 0. The quantitative estimate of drug-likeness (QED) is 0.788. The Balaban J connectivity index is 1.72. The Kier molecular flexibility index (Phi) is 5.28. The standard InChI is InChI=1S/C18H26N2O5S/c1-14-4-5-16(15(2)12-14)20(26(3,22)23)13-17(21)19-8-6-18(7-9-19)24-10-11-25-18/h4-5,12H,6-11,13H2,1-3H3. The number of hydrogen-bond acceptors (Lipinski definition) is 5. The number of nitrogens with zero attached hydrogens (tertiary/aromatic N) is 2. The van der Waals surface area contributed by atoms with Gasteiger partial charge in [0, 0.05) is 25.9 Å².